The summed E-state index contributed by atoms with van der Waals surface area (Å²) in [5, 5.41) is 10.5. The zero-order chi connectivity index (χ0) is 35.5. The van der Waals surface area contributed by atoms with Crippen molar-refractivity contribution in [2.24, 2.45) is 0 Å². The number of pyridine rings is 1. The van der Waals surface area contributed by atoms with Crippen LogP contribution < -0.4 is 20.3 Å². The average molecular weight is 694 g/mol. The van der Waals surface area contributed by atoms with Crippen LogP contribution in [-0.4, -0.2) is 89.4 Å². The number of aromatic nitrogens is 3. The molecule has 2 aromatic carbocycles. The summed E-state index contributed by atoms with van der Waals surface area (Å²) >= 11 is 0. The Morgan fingerprint density at radius 3 is 2.14 bits per heavy atom. The minimum atomic E-state index is -5.46. The lowest BCUT2D eigenvalue weighted by molar-refractivity contribution is -0.206. The molecular formula is C30H25F6N7O6. The molecule has 1 aliphatic rings. The van der Waals surface area contributed by atoms with Gasteiger partial charge in [0.2, 0.25) is 6.23 Å². The van der Waals surface area contributed by atoms with Crippen molar-refractivity contribution < 1.29 is 55.0 Å². The van der Waals surface area contributed by atoms with E-state index in [9.17, 15) is 45.5 Å². The Kier molecular flexibility index (Phi) is 9.74. The van der Waals surface area contributed by atoms with Crippen LogP contribution in [0, 0.1) is 0 Å². The number of fused-ring (bicyclic) bond motifs is 1. The van der Waals surface area contributed by atoms with E-state index in [2.05, 4.69) is 39.8 Å². The molecule has 1 saturated heterocycles. The number of nitrogens with zero attached hydrogens (tertiary/aromatic N) is 4. The van der Waals surface area contributed by atoms with Gasteiger partial charge in [-0.05, 0) is 55.6 Å². The molecule has 0 spiro atoms. The third kappa shape index (κ3) is 8.23. The van der Waals surface area contributed by atoms with Gasteiger partial charge in [0, 0.05) is 54.6 Å². The number of anilines is 2. The summed E-state index contributed by atoms with van der Waals surface area (Å²) in [5.74, 6) is -8.50. The van der Waals surface area contributed by atoms with E-state index in [1.807, 2.05) is 12.4 Å². The smallest absolute Gasteiger partial charge is 0.429 e. The molecule has 1 fully saturated rings. The molecule has 0 saturated carbocycles. The molecule has 0 aliphatic carbocycles. The van der Waals surface area contributed by atoms with Crippen molar-refractivity contribution in [3.8, 4) is 5.75 Å². The normalized spacial score (nSPS) is 14.6. The van der Waals surface area contributed by atoms with E-state index in [1.54, 1.807) is 24.3 Å². The van der Waals surface area contributed by atoms with Crippen LogP contribution in [0.3, 0.4) is 0 Å². The van der Waals surface area contributed by atoms with Crippen molar-refractivity contribution in [3.63, 3.8) is 0 Å². The first kappa shape index (κ1) is 34.6. The molecule has 1 aliphatic heterocycles. The summed E-state index contributed by atoms with van der Waals surface area (Å²) in [5.41, 5.74) is -0.217. The van der Waals surface area contributed by atoms with Gasteiger partial charge in [-0.15, -0.1) is 0 Å². The molecule has 1 unspecified atom stereocenters. The minimum Gasteiger partial charge on any atom is -0.429 e. The highest BCUT2D eigenvalue weighted by molar-refractivity contribution is 6.10. The number of esters is 2. The van der Waals surface area contributed by atoms with Crippen LogP contribution in [0.25, 0.3) is 10.9 Å². The highest BCUT2D eigenvalue weighted by Crippen LogP contribution is 2.33. The molecule has 2 amide bonds. The molecule has 5 rings (SSSR count). The fourth-order valence-electron chi connectivity index (χ4n) is 4.69. The summed E-state index contributed by atoms with van der Waals surface area (Å²) < 4.78 is 87.2. The predicted molar refractivity (Wildman–Crippen MR) is 158 cm³/mol. The number of halogens is 6. The van der Waals surface area contributed by atoms with Gasteiger partial charge in [-0.25, -0.2) is 9.59 Å². The number of H-pyrrole nitrogens is 1. The molecular weight excluding hydrogens is 668 g/mol. The molecule has 13 nitrogen and oxygen atoms in total. The fraction of sp³-hybridized carbons (Fsp3) is 0.267. The molecule has 3 heterocycles. The lowest BCUT2D eigenvalue weighted by Gasteiger charge is -2.34. The first-order valence-electron chi connectivity index (χ1n) is 14.3. The number of carbonyl (C=O) groups is 4. The number of nitrogens with one attached hydrogen (secondary N) is 3. The van der Waals surface area contributed by atoms with Gasteiger partial charge in [-0.3, -0.25) is 19.7 Å². The molecule has 258 valence electrons. The number of rotatable bonds is 8. The Balaban J connectivity index is 1.45. The Morgan fingerprint density at radius 1 is 0.857 bits per heavy atom. The van der Waals surface area contributed by atoms with Crippen LogP contribution in [-0.2, 0) is 14.3 Å². The van der Waals surface area contributed by atoms with Crippen LogP contribution in [0.1, 0.15) is 32.6 Å². The highest BCUT2D eigenvalue weighted by atomic mass is 19.4. The molecule has 1 atom stereocenters. The van der Waals surface area contributed by atoms with Crippen LogP contribution in [0.15, 0.2) is 60.8 Å². The van der Waals surface area contributed by atoms with Crippen LogP contribution in [0.2, 0.25) is 0 Å². The first-order valence-corrected chi connectivity index (χ1v) is 14.3. The monoisotopic (exact) mass is 693 g/mol. The van der Waals surface area contributed by atoms with Gasteiger partial charge >= 0.3 is 24.3 Å². The summed E-state index contributed by atoms with van der Waals surface area (Å²) in [6.07, 6.45) is -11.9. The van der Waals surface area contributed by atoms with E-state index < -0.39 is 53.6 Å². The highest BCUT2D eigenvalue weighted by Gasteiger charge is 2.43. The average Bonchev–Trinajstić information content (AvgIpc) is 3.46. The summed E-state index contributed by atoms with van der Waals surface area (Å²) in [6, 6.07) is 12.1. The van der Waals surface area contributed by atoms with Gasteiger partial charge < -0.3 is 29.9 Å². The van der Waals surface area contributed by atoms with Crippen molar-refractivity contribution >= 4 is 46.2 Å². The number of hydrogen-bond donors (Lipinski definition) is 3. The Labute approximate surface area is 272 Å². The largest absolute Gasteiger partial charge is 0.491 e. The van der Waals surface area contributed by atoms with Crippen LogP contribution in [0.5, 0.6) is 5.75 Å². The minimum absolute atomic E-state index is 0.177. The molecule has 4 aromatic rings. The summed E-state index contributed by atoms with van der Waals surface area (Å²) in [4.78, 5) is 57.9. The molecule has 49 heavy (non-hydrogen) atoms. The first-order chi connectivity index (χ1) is 23.1. The van der Waals surface area contributed by atoms with E-state index in [4.69, 9.17) is 0 Å². The Hall–Kier alpha value is -5.72. The number of amides is 2. The topological polar surface area (TPSA) is 159 Å². The molecule has 3 N–H and O–H groups in total. The maximum atomic E-state index is 13.3. The van der Waals surface area contributed by atoms with Crippen molar-refractivity contribution in [2.75, 3.05) is 43.4 Å². The molecule has 19 heteroatoms. The maximum Gasteiger partial charge on any atom is 0.491 e. The predicted octanol–water partition coefficient (Wildman–Crippen LogP) is 3.96. The third-order valence-electron chi connectivity index (χ3n) is 7.24. The van der Waals surface area contributed by atoms with Crippen molar-refractivity contribution in [2.45, 2.75) is 18.6 Å². The van der Waals surface area contributed by atoms with Gasteiger partial charge in [-0.2, -0.15) is 31.4 Å². The Morgan fingerprint density at radius 2 is 1.53 bits per heavy atom. The number of hydrogen-bond acceptors (Lipinski definition) is 10. The van der Waals surface area contributed by atoms with Gasteiger partial charge in [-0.1, -0.05) is 6.07 Å². The quantitative estimate of drug-likeness (QED) is 0.107. The lowest BCUT2D eigenvalue weighted by Crippen LogP contribution is -2.44. The molecule has 2 aromatic heterocycles. The van der Waals surface area contributed by atoms with Crippen LogP contribution in [0.4, 0.5) is 37.8 Å². The Bertz CT molecular complexity index is 1860. The second-order valence-electron chi connectivity index (χ2n) is 10.7. The maximum absolute atomic E-state index is 13.3. The number of alkyl halides is 6. The zero-order valence-electron chi connectivity index (χ0n) is 25.2. The standard InChI is InChI=1S/C30H25F6N7O6/c1-42-10-12-43(13-11-42)18-7-5-16(6-8-18)24(44)38-23-19-14-17(15-21(22(19)40-41-23)48-27(46)29(31,32)33)25(45)39-26(20-4-2-3-9-37-20)49-28(47)30(34,35)36/h2-9,14-15,26H,10-13H2,1H3,(H,39,45)(H2,38,40,41,44). The number of carbonyl (C=O) groups excluding carboxylic acids is 4. The van der Waals surface area contributed by atoms with Crippen LogP contribution >= 0.6 is 0 Å². The van der Waals surface area contributed by atoms with Crippen molar-refractivity contribution in [1.29, 1.82) is 0 Å². The number of ether oxygens (including phenoxy) is 2. The summed E-state index contributed by atoms with van der Waals surface area (Å²) in [7, 11) is 2.01. The van der Waals surface area contributed by atoms with E-state index in [0.29, 0.717) is 6.07 Å². The molecule has 0 bridgehead atoms. The van der Waals surface area contributed by atoms with E-state index in [-0.39, 0.29) is 28.0 Å². The van der Waals surface area contributed by atoms with E-state index in [0.717, 1.165) is 50.2 Å². The third-order valence-corrected chi connectivity index (χ3v) is 7.24. The zero-order valence-corrected chi connectivity index (χ0v) is 25.2. The number of benzene rings is 2. The van der Waals surface area contributed by atoms with Gasteiger partial charge in [0.1, 0.15) is 11.2 Å². The summed E-state index contributed by atoms with van der Waals surface area (Å²) in [6.45, 7) is 3.28. The number of piperazine rings is 1. The van der Waals surface area contributed by atoms with Gasteiger partial charge in [0.25, 0.3) is 11.8 Å². The van der Waals surface area contributed by atoms with Gasteiger partial charge in [0.05, 0.1) is 0 Å². The number of likely N-dealkylation sites (N-methyl/N-ethyl adjacent to an activating group) is 1. The second-order valence-corrected chi connectivity index (χ2v) is 10.7. The fourth-order valence-corrected chi connectivity index (χ4v) is 4.69. The van der Waals surface area contributed by atoms with E-state index in [1.165, 1.54) is 12.1 Å². The SMILES string of the molecule is CN1CCN(c2ccc(C(=O)Nc3n[nH]c4c(OC(=O)C(F)(F)F)cc(C(=O)NC(OC(=O)C(F)(F)F)c5ccccn5)cc34)cc2)CC1. The molecule has 0 radical (unpaired) electrons. The number of aromatic amines is 1. The van der Waals surface area contributed by atoms with Crippen molar-refractivity contribution in [1.82, 2.24) is 25.4 Å². The second kappa shape index (κ2) is 13.8. The lowest BCUT2D eigenvalue weighted by atomic mass is 10.1. The van der Waals surface area contributed by atoms with Crippen molar-refractivity contribution in [3.05, 3.63) is 77.6 Å². The van der Waals surface area contributed by atoms with E-state index >= 15 is 0 Å². The van der Waals surface area contributed by atoms with Gasteiger partial charge in [0.15, 0.2) is 11.6 Å².